The van der Waals surface area contributed by atoms with E-state index in [2.05, 4.69) is 18.2 Å². The summed E-state index contributed by atoms with van der Waals surface area (Å²) >= 11 is 0. The molecule has 2 aromatic carbocycles. The van der Waals surface area contributed by atoms with E-state index >= 15 is 0 Å². The lowest BCUT2D eigenvalue weighted by Gasteiger charge is -1.96. The maximum Gasteiger partial charge on any atom is 0.261 e. The van der Waals surface area contributed by atoms with E-state index in [1.807, 2.05) is 42.7 Å². The van der Waals surface area contributed by atoms with Gasteiger partial charge in [0.2, 0.25) is 0 Å². The topological polar surface area (TPSA) is 67.5 Å². The van der Waals surface area contributed by atoms with Crippen LogP contribution in [0.2, 0.25) is 0 Å². The molecule has 104 valence electrons. The van der Waals surface area contributed by atoms with Gasteiger partial charge in [-0.3, -0.25) is 4.55 Å². The van der Waals surface area contributed by atoms with E-state index in [4.69, 9.17) is 8.97 Å². The second-order valence-corrected chi connectivity index (χ2v) is 5.71. The van der Waals surface area contributed by atoms with Crippen molar-refractivity contribution in [3.63, 3.8) is 0 Å². The van der Waals surface area contributed by atoms with E-state index in [1.54, 1.807) is 0 Å². The van der Waals surface area contributed by atoms with E-state index in [1.165, 1.54) is 10.9 Å². The largest absolute Gasteiger partial charge is 0.464 e. The van der Waals surface area contributed by atoms with Crippen molar-refractivity contribution in [3.05, 3.63) is 60.9 Å². The van der Waals surface area contributed by atoms with Crippen molar-refractivity contribution < 1.29 is 17.4 Å². The fraction of sp³-hybridized carbons (Fsp3) is 0.0667. The third-order valence-corrected chi connectivity index (χ3v) is 2.57. The quantitative estimate of drug-likeness (QED) is 0.695. The van der Waals surface area contributed by atoms with Gasteiger partial charge in [0.15, 0.2) is 0 Å². The fourth-order valence-corrected chi connectivity index (χ4v) is 1.82. The first-order valence-electron chi connectivity index (χ1n) is 5.89. The molecule has 1 aromatic heterocycles. The van der Waals surface area contributed by atoms with Crippen molar-refractivity contribution >= 4 is 21.1 Å². The summed E-state index contributed by atoms with van der Waals surface area (Å²) in [5, 5.41) is 1.17. The summed E-state index contributed by atoms with van der Waals surface area (Å²) in [6.45, 7) is 0. The number of hydrogen-bond donors (Lipinski definition) is 1. The molecule has 0 saturated carbocycles. The minimum Gasteiger partial charge on any atom is -0.464 e. The van der Waals surface area contributed by atoms with Crippen molar-refractivity contribution in [2.75, 3.05) is 6.26 Å². The van der Waals surface area contributed by atoms with E-state index in [9.17, 15) is 8.42 Å². The molecule has 0 aliphatic heterocycles. The predicted octanol–water partition coefficient (Wildman–Crippen LogP) is 3.60. The molecule has 0 aliphatic rings. The van der Waals surface area contributed by atoms with Gasteiger partial charge < -0.3 is 4.42 Å². The van der Waals surface area contributed by atoms with Gasteiger partial charge in [0.25, 0.3) is 10.1 Å². The number of furan rings is 1. The Balaban J connectivity index is 0.000000257. The summed E-state index contributed by atoms with van der Waals surface area (Å²) in [7, 11) is -3.67. The molecule has 0 saturated heterocycles. The van der Waals surface area contributed by atoms with Crippen molar-refractivity contribution in [1.29, 1.82) is 0 Å². The zero-order valence-corrected chi connectivity index (χ0v) is 11.7. The Hall–Kier alpha value is -2.11. The summed E-state index contributed by atoms with van der Waals surface area (Å²) < 4.78 is 31.4. The fourth-order valence-electron chi connectivity index (χ4n) is 1.82. The molecule has 1 heterocycles. The van der Waals surface area contributed by atoms with Gasteiger partial charge >= 0.3 is 0 Å². The molecule has 4 nitrogen and oxygen atoms in total. The minimum atomic E-state index is -3.67. The van der Waals surface area contributed by atoms with Crippen LogP contribution in [0.1, 0.15) is 0 Å². The standard InChI is InChI=1S/C14H10O.CH4O3S/c1-2-6-11(7-3-1)13-10-15-14-9-5-4-8-12(13)14;1-5(2,3)4/h1-10H;1H3,(H,2,3,4). The number of para-hydroxylation sites is 1. The van der Waals surface area contributed by atoms with Gasteiger partial charge in [0.05, 0.1) is 12.5 Å². The first-order valence-corrected chi connectivity index (χ1v) is 7.74. The van der Waals surface area contributed by atoms with E-state index in [-0.39, 0.29) is 0 Å². The van der Waals surface area contributed by atoms with Gasteiger partial charge in [0, 0.05) is 10.9 Å². The first kappa shape index (κ1) is 14.3. The van der Waals surface area contributed by atoms with Gasteiger partial charge in [-0.25, -0.2) is 0 Å². The zero-order valence-electron chi connectivity index (χ0n) is 10.9. The third kappa shape index (κ3) is 3.94. The molecule has 0 aliphatic carbocycles. The van der Waals surface area contributed by atoms with Crippen LogP contribution in [0.3, 0.4) is 0 Å². The van der Waals surface area contributed by atoms with Crippen LogP contribution in [0.15, 0.2) is 65.3 Å². The molecule has 3 rings (SSSR count). The highest BCUT2D eigenvalue weighted by molar-refractivity contribution is 7.85. The van der Waals surface area contributed by atoms with E-state index in [0.29, 0.717) is 6.26 Å². The molecule has 1 N–H and O–H groups in total. The maximum atomic E-state index is 9.19. The summed E-state index contributed by atoms with van der Waals surface area (Å²) in [5.74, 6) is 0. The van der Waals surface area contributed by atoms with Gasteiger partial charge in [-0.15, -0.1) is 0 Å². The lowest BCUT2D eigenvalue weighted by Crippen LogP contribution is -1.88. The van der Waals surface area contributed by atoms with Crippen LogP contribution in [0, 0.1) is 0 Å². The molecule has 0 spiro atoms. The summed E-state index contributed by atoms with van der Waals surface area (Å²) in [6.07, 6.45) is 2.53. The molecule has 0 bridgehead atoms. The molecule has 0 amide bonds. The smallest absolute Gasteiger partial charge is 0.261 e. The summed E-state index contributed by atoms with van der Waals surface area (Å²) in [4.78, 5) is 0. The molecule has 0 fully saturated rings. The first-order chi connectivity index (χ1) is 9.45. The van der Waals surface area contributed by atoms with Crippen LogP contribution in [0.4, 0.5) is 0 Å². The number of hydrogen-bond acceptors (Lipinski definition) is 3. The van der Waals surface area contributed by atoms with Crippen LogP contribution in [-0.2, 0) is 10.1 Å². The van der Waals surface area contributed by atoms with Crippen LogP contribution in [-0.4, -0.2) is 19.2 Å². The molecule has 5 heteroatoms. The van der Waals surface area contributed by atoms with Crippen LogP contribution < -0.4 is 0 Å². The normalized spacial score (nSPS) is 10.9. The Morgan fingerprint density at radius 3 is 2.15 bits per heavy atom. The van der Waals surface area contributed by atoms with Crippen LogP contribution in [0.5, 0.6) is 0 Å². The highest BCUT2D eigenvalue weighted by Gasteiger charge is 2.05. The second-order valence-electron chi connectivity index (χ2n) is 4.24. The van der Waals surface area contributed by atoms with Gasteiger partial charge in [-0.1, -0.05) is 48.5 Å². The summed E-state index contributed by atoms with van der Waals surface area (Å²) in [5.41, 5.74) is 3.30. The average molecular weight is 290 g/mol. The highest BCUT2D eigenvalue weighted by Crippen LogP contribution is 2.29. The van der Waals surface area contributed by atoms with Crippen molar-refractivity contribution in [3.8, 4) is 11.1 Å². The highest BCUT2D eigenvalue weighted by atomic mass is 32.2. The van der Waals surface area contributed by atoms with Crippen molar-refractivity contribution in [2.24, 2.45) is 0 Å². The lowest BCUT2D eigenvalue weighted by molar-refractivity contribution is 0.490. The number of fused-ring (bicyclic) bond motifs is 1. The third-order valence-electron chi connectivity index (χ3n) is 2.57. The van der Waals surface area contributed by atoms with Crippen molar-refractivity contribution in [2.45, 2.75) is 0 Å². The Morgan fingerprint density at radius 1 is 0.950 bits per heavy atom. The SMILES string of the molecule is CS(=O)(=O)O.c1ccc(-c2coc3ccccc23)cc1. The molecule has 0 atom stereocenters. The van der Waals surface area contributed by atoms with Crippen LogP contribution in [0.25, 0.3) is 22.1 Å². The summed E-state index contributed by atoms with van der Waals surface area (Å²) in [6, 6.07) is 18.4. The van der Waals surface area contributed by atoms with Gasteiger partial charge in [-0.05, 0) is 11.6 Å². The Morgan fingerprint density at radius 2 is 1.50 bits per heavy atom. The molecule has 0 unspecified atom stereocenters. The molecule has 3 aromatic rings. The van der Waals surface area contributed by atoms with Gasteiger partial charge in [-0.2, -0.15) is 8.42 Å². The minimum absolute atomic E-state index is 0.715. The van der Waals surface area contributed by atoms with E-state index < -0.39 is 10.1 Å². The molecular formula is C15H14O4S. The molecule has 0 radical (unpaired) electrons. The second kappa shape index (κ2) is 5.90. The monoisotopic (exact) mass is 290 g/mol. The number of benzene rings is 2. The maximum absolute atomic E-state index is 9.19. The lowest BCUT2D eigenvalue weighted by atomic mass is 10.1. The Labute approximate surface area is 117 Å². The molecule has 20 heavy (non-hydrogen) atoms. The Kier molecular flexibility index (Phi) is 4.22. The van der Waals surface area contributed by atoms with Gasteiger partial charge in [0.1, 0.15) is 5.58 Å². The molecular weight excluding hydrogens is 276 g/mol. The average Bonchev–Trinajstić information content (AvgIpc) is 2.81. The van der Waals surface area contributed by atoms with Crippen LogP contribution >= 0.6 is 0 Å². The van der Waals surface area contributed by atoms with Crippen molar-refractivity contribution in [1.82, 2.24) is 0 Å². The predicted molar refractivity (Wildman–Crippen MR) is 79.1 cm³/mol. The number of rotatable bonds is 1. The van der Waals surface area contributed by atoms with E-state index in [0.717, 1.165) is 11.1 Å². The zero-order chi connectivity index (χ0) is 14.6. The Bertz CT molecular complexity index is 781.